The molecule has 0 aliphatic carbocycles. The molecular formula is C13H16ClN5O3. The van der Waals surface area contributed by atoms with E-state index in [0.29, 0.717) is 37.0 Å². The van der Waals surface area contributed by atoms with Gasteiger partial charge in [-0.1, -0.05) is 11.6 Å². The number of nitrogens with two attached hydrogens (primary N) is 1. The summed E-state index contributed by atoms with van der Waals surface area (Å²) < 4.78 is 3.11. The summed E-state index contributed by atoms with van der Waals surface area (Å²) in [5.74, 6) is 0. The van der Waals surface area contributed by atoms with Crippen LogP contribution in [0.25, 0.3) is 11.0 Å². The Morgan fingerprint density at radius 3 is 2.68 bits per heavy atom. The van der Waals surface area contributed by atoms with Crippen molar-refractivity contribution in [3.05, 3.63) is 21.8 Å². The second-order valence-corrected chi connectivity index (χ2v) is 5.77. The average molecular weight is 326 g/mol. The lowest BCUT2D eigenvalue weighted by atomic mass is 10.0. The molecule has 0 spiro atoms. The lowest BCUT2D eigenvalue weighted by Gasteiger charge is -2.30. The number of fused-ring (bicyclic) bond motifs is 1. The standard InChI is InChI=1S/C13H16ClN5O3/c1-17-8-6-16-11(14)9(15)10(8)19(12(17)20)7-2-4-18(5-3-7)13(21)22/h6-7H,2-5,15H2,1H3,(H,21,22). The minimum Gasteiger partial charge on any atom is -0.465 e. The van der Waals surface area contributed by atoms with Gasteiger partial charge in [-0.25, -0.2) is 14.6 Å². The van der Waals surface area contributed by atoms with E-state index >= 15 is 0 Å². The number of imidazole rings is 1. The zero-order valence-electron chi connectivity index (χ0n) is 12.0. The smallest absolute Gasteiger partial charge is 0.407 e. The number of likely N-dealkylation sites (tertiary alicyclic amines) is 1. The summed E-state index contributed by atoms with van der Waals surface area (Å²) >= 11 is 5.98. The molecule has 2 aromatic heterocycles. The highest BCUT2D eigenvalue weighted by Crippen LogP contribution is 2.30. The molecule has 0 unspecified atom stereocenters. The third-order valence-electron chi connectivity index (χ3n) is 4.22. The fraction of sp³-hybridized carbons (Fsp3) is 0.462. The normalized spacial score (nSPS) is 16.4. The number of halogens is 1. The topological polar surface area (TPSA) is 106 Å². The minimum atomic E-state index is -0.935. The molecule has 1 amide bonds. The van der Waals surface area contributed by atoms with Crippen molar-refractivity contribution in [1.29, 1.82) is 0 Å². The van der Waals surface area contributed by atoms with Gasteiger partial charge in [0.15, 0.2) is 5.15 Å². The van der Waals surface area contributed by atoms with Gasteiger partial charge in [0.25, 0.3) is 0 Å². The first-order valence-electron chi connectivity index (χ1n) is 6.90. The maximum atomic E-state index is 12.5. The Kier molecular flexibility index (Phi) is 3.48. The number of rotatable bonds is 1. The molecule has 3 rings (SSSR count). The summed E-state index contributed by atoms with van der Waals surface area (Å²) in [6.45, 7) is 0.781. The van der Waals surface area contributed by atoms with Crippen LogP contribution in [0.15, 0.2) is 11.0 Å². The van der Waals surface area contributed by atoms with Crippen LogP contribution >= 0.6 is 11.6 Å². The Labute approximate surface area is 130 Å². The molecule has 1 fully saturated rings. The van der Waals surface area contributed by atoms with Crippen LogP contribution in [0.1, 0.15) is 18.9 Å². The van der Waals surface area contributed by atoms with Gasteiger partial charge in [-0.05, 0) is 12.8 Å². The van der Waals surface area contributed by atoms with Gasteiger partial charge in [0.1, 0.15) is 0 Å². The highest BCUT2D eigenvalue weighted by atomic mass is 35.5. The number of hydrogen-bond acceptors (Lipinski definition) is 4. The zero-order valence-corrected chi connectivity index (χ0v) is 12.7. The van der Waals surface area contributed by atoms with Crippen molar-refractivity contribution in [2.45, 2.75) is 18.9 Å². The number of carbonyl (C=O) groups is 1. The van der Waals surface area contributed by atoms with Crippen molar-refractivity contribution >= 4 is 34.4 Å². The van der Waals surface area contributed by atoms with Crippen molar-refractivity contribution in [3.63, 3.8) is 0 Å². The van der Waals surface area contributed by atoms with Crippen molar-refractivity contribution in [2.75, 3.05) is 18.8 Å². The molecule has 9 heteroatoms. The lowest BCUT2D eigenvalue weighted by molar-refractivity contribution is 0.125. The fourth-order valence-corrected chi connectivity index (χ4v) is 3.14. The number of aryl methyl sites for hydroxylation is 1. The Bertz CT molecular complexity index is 804. The number of carboxylic acid groups (broad SMARTS) is 1. The number of amides is 1. The number of piperidine rings is 1. The third kappa shape index (κ3) is 2.10. The number of nitrogens with zero attached hydrogens (tertiary/aromatic N) is 4. The first-order chi connectivity index (χ1) is 10.4. The molecular weight excluding hydrogens is 310 g/mol. The van der Waals surface area contributed by atoms with E-state index in [-0.39, 0.29) is 22.6 Å². The van der Waals surface area contributed by atoms with Gasteiger partial charge in [-0.15, -0.1) is 0 Å². The van der Waals surface area contributed by atoms with Crippen LogP contribution in [0.5, 0.6) is 0 Å². The van der Waals surface area contributed by atoms with Gasteiger partial charge < -0.3 is 15.7 Å². The van der Waals surface area contributed by atoms with Crippen LogP contribution in [-0.2, 0) is 7.05 Å². The van der Waals surface area contributed by atoms with E-state index in [2.05, 4.69) is 4.98 Å². The van der Waals surface area contributed by atoms with E-state index in [0.717, 1.165) is 0 Å². The van der Waals surface area contributed by atoms with Crippen LogP contribution in [0.2, 0.25) is 5.15 Å². The van der Waals surface area contributed by atoms with Gasteiger partial charge in [0, 0.05) is 26.2 Å². The first-order valence-corrected chi connectivity index (χ1v) is 7.28. The predicted octanol–water partition coefficient (Wildman–Crippen LogP) is 1.29. The van der Waals surface area contributed by atoms with Crippen LogP contribution in [0.4, 0.5) is 10.5 Å². The van der Waals surface area contributed by atoms with Crippen molar-refractivity contribution < 1.29 is 9.90 Å². The number of anilines is 1. The molecule has 0 radical (unpaired) electrons. The molecule has 0 aromatic carbocycles. The van der Waals surface area contributed by atoms with E-state index in [1.54, 1.807) is 11.6 Å². The summed E-state index contributed by atoms with van der Waals surface area (Å²) in [6.07, 6.45) is 1.71. The molecule has 22 heavy (non-hydrogen) atoms. The molecule has 0 saturated carbocycles. The van der Waals surface area contributed by atoms with E-state index in [1.807, 2.05) is 0 Å². The van der Waals surface area contributed by atoms with Gasteiger partial charge in [0.05, 0.1) is 22.9 Å². The number of nitrogen functional groups attached to an aromatic ring is 1. The molecule has 3 heterocycles. The minimum absolute atomic E-state index is 0.104. The maximum absolute atomic E-state index is 12.5. The molecule has 3 N–H and O–H groups in total. The lowest BCUT2D eigenvalue weighted by Crippen LogP contribution is -2.40. The van der Waals surface area contributed by atoms with E-state index in [9.17, 15) is 9.59 Å². The van der Waals surface area contributed by atoms with Crippen molar-refractivity contribution in [3.8, 4) is 0 Å². The SMILES string of the molecule is Cn1c(=O)n(C2CCN(C(=O)O)CC2)c2c(N)c(Cl)ncc21. The molecule has 1 saturated heterocycles. The summed E-state index contributed by atoms with van der Waals surface area (Å²) in [4.78, 5) is 28.9. The Hall–Kier alpha value is -2.22. The average Bonchev–Trinajstić information content (AvgIpc) is 2.76. The van der Waals surface area contributed by atoms with Crippen LogP contribution in [0, 0.1) is 0 Å². The second kappa shape index (κ2) is 5.20. The Morgan fingerprint density at radius 1 is 1.45 bits per heavy atom. The van der Waals surface area contributed by atoms with Crippen molar-refractivity contribution in [2.24, 2.45) is 7.05 Å². The van der Waals surface area contributed by atoms with Gasteiger partial charge in [-0.2, -0.15) is 0 Å². The summed E-state index contributed by atoms with van der Waals surface area (Å²) in [5.41, 5.74) is 7.28. The number of aromatic nitrogens is 3. The highest BCUT2D eigenvalue weighted by Gasteiger charge is 2.27. The summed E-state index contributed by atoms with van der Waals surface area (Å²) in [6, 6.07) is -0.104. The quantitative estimate of drug-likeness (QED) is 0.768. The Balaban J connectivity index is 2.08. The predicted molar refractivity (Wildman–Crippen MR) is 82.3 cm³/mol. The van der Waals surface area contributed by atoms with Crippen molar-refractivity contribution in [1.82, 2.24) is 19.0 Å². The van der Waals surface area contributed by atoms with E-state index in [4.69, 9.17) is 22.4 Å². The third-order valence-corrected chi connectivity index (χ3v) is 4.52. The second-order valence-electron chi connectivity index (χ2n) is 5.41. The van der Waals surface area contributed by atoms with Crippen LogP contribution < -0.4 is 11.4 Å². The molecule has 118 valence electrons. The summed E-state index contributed by atoms with van der Waals surface area (Å²) in [5, 5.41) is 9.18. The monoisotopic (exact) mass is 325 g/mol. The largest absolute Gasteiger partial charge is 0.465 e. The summed E-state index contributed by atoms with van der Waals surface area (Å²) in [7, 11) is 1.66. The molecule has 2 aromatic rings. The molecule has 0 bridgehead atoms. The van der Waals surface area contributed by atoms with Crippen LogP contribution in [0.3, 0.4) is 0 Å². The number of hydrogen-bond donors (Lipinski definition) is 2. The molecule has 1 aliphatic heterocycles. The molecule has 0 atom stereocenters. The van der Waals surface area contributed by atoms with Gasteiger partial charge in [-0.3, -0.25) is 9.13 Å². The zero-order chi connectivity index (χ0) is 16.0. The van der Waals surface area contributed by atoms with Crippen LogP contribution in [-0.4, -0.2) is 43.3 Å². The molecule has 1 aliphatic rings. The maximum Gasteiger partial charge on any atom is 0.407 e. The Morgan fingerprint density at radius 2 is 2.09 bits per heavy atom. The van der Waals surface area contributed by atoms with Gasteiger partial charge in [0.2, 0.25) is 0 Å². The molecule has 8 nitrogen and oxygen atoms in total. The highest BCUT2D eigenvalue weighted by molar-refractivity contribution is 6.33. The first kappa shape index (κ1) is 14.7. The number of pyridine rings is 1. The fourth-order valence-electron chi connectivity index (χ4n) is 3.00. The van der Waals surface area contributed by atoms with E-state index in [1.165, 1.54) is 15.7 Å². The van der Waals surface area contributed by atoms with E-state index < -0.39 is 6.09 Å². The van der Waals surface area contributed by atoms with Gasteiger partial charge >= 0.3 is 11.8 Å².